The van der Waals surface area contributed by atoms with E-state index < -0.39 is 0 Å². The number of carbonyl (C=O) groups excluding carboxylic acids is 1. The Bertz CT molecular complexity index is 422. The van der Waals surface area contributed by atoms with Gasteiger partial charge in [-0.1, -0.05) is 0 Å². The summed E-state index contributed by atoms with van der Waals surface area (Å²) in [6.07, 6.45) is 3.26. The topological polar surface area (TPSA) is 46.3 Å². The average Bonchev–Trinajstić information content (AvgIpc) is 2.67. The summed E-state index contributed by atoms with van der Waals surface area (Å²) >= 11 is 8.36. The lowest BCUT2D eigenvalue weighted by Gasteiger charge is -2.35. The van der Waals surface area contributed by atoms with Crippen LogP contribution in [0.1, 0.15) is 29.6 Å². The van der Waals surface area contributed by atoms with Gasteiger partial charge in [-0.15, -0.1) is 11.3 Å². The second-order valence-corrected chi connectivity index (χ2v) is 7.87. The molecule has 2 N–H and O–H groups in total. The van der Waals surface area contributed by atoms with Crippen LogP contribution in [0.15, 0.2) is 13.6 Å². The van der Waals surface area contributed by atoms with Gasteiger partial charge in [0.1, 0.15) is 0 Å². The number of carbonyl (C=O) groups is 1. The highest BCUT2D eigenvalue weighted by molar-refractivity contribution is 9.12. The first-order valence-corrected chi connectivity index (χ1v) is 7.99. The monoisotopic (exact) mass is 380 g/mol. The van der Waals surface area contributed by atoms with Gasteiger partial charge in [0.2, 0.25) is 0 Å². The number of nitrogens with zero attached hydrogens (tertiary/aromatic N) is 1. The molecular formula is C11H14Br2N2OS. The lowest BCUT2D eigenvalue weighted by atomic mass is 10.0. The fraction of sp³-hybridized carbons (Fsp3) is 0.545. The van der Waals surface area contributed by atoms with E-state index in [2.05, 4.69) is 31.9 Å². The molecule has 3 nitrogen and oxygen atoms in total. The predicted molar refractivity (Wildman–Crippen MR) is 77.4 cm³/mol. The smallest absolute Gasteiger partial charge is 0.256 e. The lowest BCUT2D eigenvalue weighted by Crippen LogP contribution is -2.47. The van der Waals surface area contributed by atoms with Crippen molar-refractivity contribution in [2.45, 2.75) is 25.3 Å². The van der Waals surface area contributed by atoms with Gasteiger partial charge < -0.3 is 10.6 Å². The third kappa shape index (κ3) is 2.92. The van der Waals surface area contributed by atoms with Crippen molar-refractivity contribution in [3.8, 4) is 0 Å². The van der Waals surface area contributed by atoms with Gasteiger partial charge in [0.25, 0.3) is 5.91 Å². The minimum Gasteiger partial charge on any atom is -0.334 e. The molecule has 1 unspecified atom stereocenters. The Morgan fingerprint density at radius 2 is 2.29 bits per heavy atom. The summed E-state index contributed by atoms with van der Waals surface area (Å²) in [4.78, 5) is 14.3. The molecule has 0 aliphatic carbocycles. The summed E-state index contributed by atoms with van der Waals surface area (Å²) in [6, 6.07) is 2.07. The number of nitrogens with two attached hydrogens (primary N) is 1. The minimum atomic E-state index is 0.0916. The van der Waals surface area contributed by atoms with Crippen molar-refractivity contribution >= 4 is 49.1 Å². The highest BCUT2D eigenvalue weighted by atomic mass is 79.9. The molecule has 0 radical (unpaired) electrons. The van der Waals surface area contributed by atoms with Crippen molar-refractivity contribution < 1.29 is 4.79 Å². The maximum Gasteiger partial charge on any atom is 0.256 e. The van der Waals surface area contributed by atoms with E-state index in [4.69, 9.17) is 5.73 Å². The number of piperidine rings is 1. The lowest BCUT2D eigenvalue weighted by molar-refractivity contribution is 0.0623. The van der Waals surface area contributed by atoms with Crippen LogP contribution in [-0.4, -0.2) is 29.9 Å². The van der Waals surface area contributed by atoms with E-state index in [1.807, 2.05) is 11.0 Å². The van der Waals surface area contributed by atoms with Crippen LogP contribution in [0.4, 0.5) is 0 Å². The molecule has 17 heavy (non-hydrogen) atoms. The van der Waals surface area contributed by atoms with E-state index in [1.54, 1.807) is 0 Å². The first-order chi connectivity index (χ1) is 8.13. The molecule has 0 bridgehead atoms. The molecule has 2 rings (SSSR count). The maximum absolute atomic E-state index is 12.4. The minimum absolute atomic E-state index is 0.0916. The van der Waals surface area contributed by atoms with Gasteiger partial charge in [-0.05, 0) is 57.2 Å². The van der Waals surface area contributed by atoms with Crippen molar-refractivity contribution in [2.24, 2.45) is 5.73 Å². The summed E-state index contributed by atoms with van der Waals surface area (Å²) in [5.41, 5.74) is 6.48. The average molecular weight is 382 g/mol. The van der Waals surface area contributed by atoms with Crippen LogP contribution < -0.4 is 5.73 Å². The fourth-order valence-electron chi connectivity index (χ4n) is 2.15. The highest BCUT2D eigenvalue weighted by Gasteiger charge is 2.28. The first-order valence-electron chi connectivity index (χ1n) is 5.59. The third-order valence-electron chi connectivity index (χ3n) is 3.05. The number of halogens is 2. The molecule has 0 spiro atoms. The van der Waals surface area contributed by atoms with Crippen molar-refractivity contribution in [2.75, 3.05) is 13.1 Å². The molecule has 0 aromatic carbocycles. The molecule has 1 aliphatic heterocycles. The van der Waals surface area contributed by atoms with Crippen molar-refractivity contribution in [3.05, 3.63) is 19.2 Å². The predicted octanol–water partition coefficient (Wildman–Crippen LogP) is 3.23. The third-order valence-corrected chi connectivity index (χ3v) is 5.39. The van der Waals surface area contributed by atoms with Gasteiger partial charge in [-0.25, -0.2) is 0 Å². The van der Waals surface area contributed by atoms with Crippen LogP contribution >= 0.6 is 43.2 Å². The molecule has 1 aromatic heterocycles. The molecule has 1 aliphatic rings. The molecule has 1 fully saturated rings. The van der Waals surface area contributed by atoms with Crippen molar-refractivity contribution in [1.29, 1.82) is 0 Å². The Hall–Kier alpha value is 0.0900. The number of amides is 1. The molecule has 94 valence electrons. The maximum atomic E-state index is 12.4. The highest BCUT2D eigenvalue weighted by Crippen LogP contribution is 2.33. The molecule has 1 saturated heterocycles. The van der Waals surface area contributed by atoms with Gasteiger partial charge in [0.15, 0.2) is 0 Å². The summed E-state index contributed by atoms with van der Waals surface area (Å²) < 4.78 is 1.85. The second-order valence-electron chi connectivity index (χ2n) is 4.12. The van der Waals surface area contributed by atoms with E-state index >= 15 is 0 Å². The Kier molecular flexibility index (Phi) is 4.63. The molecule has 1 aromatic rings. The first kappa shape index (κ1) is 13.5. The summed E-state index contributed by atoms with van der Waals surface area (Å²) in [7, 11) is 0. The number of thiophene rings is 1. The Labute approximate surface area is 122 Å². The summed E-state index contributed by atoms with van der Waals surface area (Å²) in [6.45, 7) is 1.37. The van der Waals surface area contributed by atoms with E-state index in [1.165, 1.54) is 17.8 Å². The Morgan fingerprint density at radius 1 is 1.53 bits per heavy atom. The van der Waals surface area contributed by atoms with Gasteiger partial charge >= 0.3 is 0 Å². The number of hydrogen-bond donors (Lipinski definition) is 1. The zero-order chi connectivity index (χ0) is 12.4. The van der Waals surface area contributed by atoms with Crippen LogP contribution in [0.25, 0.3) is 0 Å². The second kappa shape index (κ2) is 5.82. The Morgan fingerprint density at radius 3 is 2.88 bits per heavy atom. The molecule has 1 amide bonds. The van der Waals surface area contributed by atoms with E-state index in [-0.39, 0.29) is 11.9 Å². The van der Waals surface area contributed by atoms with Gasteiger partial charge in [0.05, 0.1) is 13.1 Å². The number of likely N-dealkylation sites (tertiary alicyclic amines) is 1. The van der Waals surface area contributed by atoms with Crippen LogP contribution in [-0.2, 0) is 0 Å². The molecule has 6 heteroatoms. The quantitative estimate of drug-likeness (QED) is 0.854. The van der Waals surface area contributed by atoms with Gasteiger partial charge in [-0.2, -0.15) is 0 Å². The van der Waals surface area contributed by atoms with Crippen LogP contribution in [0, 0.1) is 0 Å². The standard InChI is InChI=1S/C11H14Br2N2OS/c12-9-5-8(10(13)17-9)11(16)15-4-2-1-3-7(15)6-14/h5,7H,1-4,6,14H2. The molecule has 1 atom stereocenters. The molecular weight excluding hydrogens is 368 g/mol. The summed E-state index contributed by atoms with van der Waals surface area (Å²) in [5.74, 6) is 0.0916. The van der Waals surface area contributed by atoms with Crippen molar-refractivity contribution in [1.82, 2.24) is 4.90 Å². The van der Waals surface area contributed by atoms with E-state index in [0.29, 0.717) is 6.54 Å². The number of hydrogen-bond acceptors (Lipinski definition) is 3. The van der Waals surface area contributed by atoms with Crippen LogP contribution in [0.2, 0.25) is 0 Å². The van der Waals surface area contributed by atoms with Gasteiger partial charge in [0, 0.05) is 19.1 Å². The zero-order valence-electron chi connectivity index (χ0n) is 9.29. The largest absolute Gasteiger partial charge is 0.334 e. The molecule has 0 saturated carbocycles. The zero-order valence-corrected chi connectivity index (χ0v) is 13.3. The fourth-order valence-corrected chi connectivity index (χ4v) is 4.93. The SMILES string of the molecule is NCC1CCCCN1C(=O)c1cc(Br)sc1Br. The van der Waals surface area contributed by atoms with Gasteiger partial charge in [-0.3, -0.25) is 4.79 Å². The molecule has 2 heterocycles. The van der Waals surface area contributed by atoms with E-state index in [0.717, 1.165) is 32.5 Å². The van der Waals surface area contributed by atoms with Crippen molar-refractivity contribution in [3.63, 3.8) is 0 Å². The number of rotatable bonds is 2. The Balaban J connectivity index is 2.21. The summed E-state index contributed by atoms with van der Waals surface area (Å²) in [5, 5.41) is 0. The van der Waals surface area contributed by atoms with Crippen LogP contribution in [0.3, 0.4) is 0 Å². The van der Waals surface area contributed by atoms with Crippen LogP contribution in [0.5, 0.6) is 0 Å². The van der Waals surface area contributed by atoms with E-state index in [9.17, 15) is 4.79 Å². The normalized spacial score (nSPS) is 20.6.